The molecule has 0 radical (unpaired) electrons. The van der Waals surface area contributed by atoms with E-state index in [1.54, 1.807) is 6.07 Å². The smallest absolute Gasteiger partial charge is 0.126 e. The van der Waals surface area contributed by atoms with Crippen molar-refractivity contribution in [3.63, 3.8) is 0 Å². The van der Waals surface area contributed by atoms with Gasteiger partial charge in [-0.1, -0.05) is 25.1 Å². The Kier molecular flexibility index (Phi) is 5.53. The number of aromatic nitrogens is 2. The maximum atomic E-state index is 13.8. The average molecular weight is 354 g/mol. The van der Waals surface area contributed by atoms with Gasteiger partial charge in [-0.05, 0) is 59.3 Å². The van der Waals surface area contributed by atoms with Crippen LogP contribution in [0.5, 0.6) is 0 Å². The van der Waals surface area contributed by atoms with Crippen LogP contribution in [0.1, 0.15) is 23.9 Å². The van der Waals surface area contributed by atoms with Crippen molar-refractivity contribution in [1.29, 1.82) is 0 Å². The fourth-order valence-corrected chi connectivity index (χ4v) is 3.31. The molecule has 0 aliphatic carbocycles. The second-order valence-corrected chi connectivity index (χ2v) is 6.08. The average Bonchev–Trinajstić information content (AvgIpc) is 2.75. The molecule has 114 valence electrons. The summed E-state index contributed by atoms with van der Waals surface area (Å²) >= 11 is 3.62. The minimum Gasteiger partial charge on any atom is -0.330 e. The van der Waals surface area contributed by atoms with Crippen molar-refractivity contribution in [3.05, 3.63) is 51.5 Å². The molecule has 3 nitrogen and oxygen atoms in total. The molecule has 0 bridgehead atoms. The van der Waals surface area contributed by atoms with E-state index in [1.807, 2.05) is 23.9 Å². The van der Waals surface area contributed by atoms with E-state index >= 15 is 0 Å². The van der Waals surface area contributed by atoms with Crippen LogP contribution >= 0.6 is 15.9 Å². The SMILES string of the molecule is CCc1nn(C)c(CC(CN)Cc2ccccc2F)c1Br. The van der Waals surface area contributed by atoms with Crippen LogP contribution in [-0.4, -0.2) is 16.3 Å². The van der Waals surface area contributed by atoms with E-state index in [2.05, 4.69) is 28.0 Å². The van der Waals surface area contributed by atoms with Crippen LogP contribution in [0.4, 0.5) is 4.39 Å². The third kappa shape index (κ3) is 3.71. The third-order valence-electron chi connectivity index (χ3n) is 3.78. The summed E-state index contributed by atoms with van der Waals surface area (Å²) in [4.78, 5) is 0. The Balaban J connectivity index is 2.16. The Hall–Kier alpha value is -1.20. The van der Waals surface area contributed by atoms with Crippen molar-refractivity contribution in [2.45, 2.75) is 26.2 Å². The fraction of sp³-hybridized carbons (Fsp3) is 0.438. The highest BCUT2D eigenvalue weighted by Crippen LogP contribution is 2.25. The maximum Gasteiger partial charge on any atom is 0.126 e. The number of nitrogens with two attached hydrogens (primary N) is 1. The lowest BCUT2D eigenvalue weighted by atomic mass is 9.94. The van der Waals surface area contributed by atoms with Gasteiger partial charge in [0.15, 0.2) is 0 Å². The first kappa shape index (κ1) is 16.2. The van der Waals surface area contributed by atoms with Gasteiger partial charge in [0.05, 0.1) is 15.9 Å². The van der Waals surface area contributed by atoms with E-state index < -0.39 is 0 Å². The predicted octanol–water partition coefficient (Wildman–Crippen LogP) is 3.24. The highest BCUT2D eigenvalue weighted by atomic mass is 79.9. The minimum absolute atomic E-state index is 0.158. The van der Waals surface area contributed by atoms with Crippen LogP contribution in [0.25, 0.3) is 0 Å². The number of nitrogens with zero attached hydrogens (tertiary/aromatic N) is 2. The molecule has 0 aliphatic rings. The molecular formula is C16H21BrFN3. The van der Waals surface area contributed by atoms with Crippen LogP contribution in [0.3, 0.4) is 0 Å². The molecule has 2 N–H and O–H groups in total. The third-order valence-corrected chi connectivity index (χ3v) is 4.70. The Morgan fingerprint density at radius 1 is 1.33 bits per heavy atom. The molecule has 1 aromatic carbocycles. The monoisotopic (exact) mass is 353 g/mol. The van der Waals surface area contributed by atoms with E-state index in [0.29, 0.717) is 13.0 Å². The lowest BCUT2D eigenvalue weighted by Crippen LogP contribution is -2.21. The van der Waals surface area contributed by atoms with Crippen molar-refractivity contribution in [3.8, 4) is 0 Å². The lowest BCUT2D eigenvalue weighted by molar-refractivity contribution is 0.494. The van der Waals surface area contributed by atoms with Crippen LogP contribution in [0.2, 0.25) is 0 Å². The van der Waals surface area contributed by atoms with E-state index in [-0.39, 0.29) is 11.7 Å². The molecule has 1 aromatic heterocycles. The Labute approximate surface area is 133 Å². The van der Waals surface area contributed by atoms with E-state index in [1.165, 1.54) is 6.07 Å². The molecule has 0 spiro atoms. The van der Waals surface area contributed by atoms with E-state index in [0.717, 1.165) is 34.3 Å². The molecule has 2 rings (SSSR count). The molecule has 1 atom stereocenters. The van der Waals surface area contributed by atoms with Gasteiger partial charge in [0, 0.05) is 7.05 Å². The number of halogens is 2. The molecule has 1 heterocycles. The van der Waals surface area contributed by atoms with Crippen LogP contribution in [0, 0.1) is 11.7 Å². The minimum atomic E-state index is -0.158. The van der Waals surface area contributed by atoms with E-state index in [9.17, 15) is 4.39 Å². The summed E-state index contributed by atoms with van der Waals surface area (Å²) in [5.74, 6) is 0.0348. The Morgan fingerprint density at radius 2 is 2.05 bits per heavy atom. The number of hydrogen-bond donors (Lipinski definition) is 1. The van der Waals surface area contributed by atoms with Gasteiger partial charge in [-0.15, -0.1) is 0 Å². The summed E-state index contributed by atoms with van der Waals surface area (Å²) < 4.78 is 16.7. The largest absolute Gasteiger partial charge is 0.330 e. The first-order chi connectivity index (χ1) is 10.1. The number of benzene rings is 1. The van der Waals surface area contributed by atoms with Gasteiger partial charge in [-0.2, -0.15) is 5.10 Å². The highest BCUT2D eigenvalue weighted by molar-refractivity contribution is 9.10. The molecule has 0 aliphatic heterocycles. The maximum absolute atomic E-state index is 13.8. The molecule has 0 saturated carbocycles. The van der Waals surface area contributed by atoms with Gasteiger partial charge >= 0.3 is 0 Å². The van der Waals surface area contributed by atoms with Crippen LogP contribution < -0.4 is 5.73 Å². The summed E-state index contributed by atoms with van der Waals surface area (Å²) in [6.45, 7) is 2.60. The first-order valence-corrected chi connectivity index (χ1v) is 7.99. The van der Waals surface area contributed by atoms with Crippen LogP contribution in [-0.2, 0) is 26.3 Å². The second kappa shape index (κ2) is 7.18. The molecule has 5 heteroatoms. The number of rotatable bonds is 6. The molecular weight excluding hydrogens is 333 g/mol. The van der Waals surface area contributed by atoms with Gasteiger partial charge in [0.2, 0.25) is 0 Å². The Bertz CT molecular complexity index is 610. The lowest BCUT2D eigenvalue weighted by Gasteiger charge is -2.16. The van der Waals surface area contributed by atoms with Gasteiger partial charge in [0.25, 0.3) is 0 Å². The van der Waals surface area contributed by atoms with Crippen molar-refractivity contribution in [2.75, 3.05) is 6.54 Å². The normalized spacial score (nSPS) is 12.6. The zero-order chi connectivity index (χ0) is 15.4. The molecule has 1 unspecified atom stereocenters. The van der Waals surface area contributed by atoms with Crippen molar-refractivity contribution in [2.24, 2.45) is 18.7 Å². The van der Waals surface area contributed by atoms with Crippen molar-refractivity contribution < 1.29 is 4.39 Å². The number of hydrogen-bond acceptors (Lipinski definition) is 2. The highest BCUT2D eigenvalue weighted by Gasteiger charge is 2.18. The first-order valence-electron chi connectivity index (χ1n) is 7.20. The second-order valence-electron chi connectivity index (χ2n) is 5.29. The molecule has 0 saturated heterocycles. The zero-order valence-electron chi connectivity index (χ0n) is 12.4. The molecule has 21 heavy (non-hydrogen) atoms. The summed E-state index contributed by atoms with van der Waals surface area (Å²) in [7, 11) is 1.94. The van der Waals surface area contributed by atoms with Gasteiger partial charge < -0.3 is 5.73 Å². The molecule has 2 aromatic rings. The van der Waals surface area contributed by atoms with Gasteiger partial charge in [0.1, 0.15) is 5.82 Å². The van der Waals surface area contributed by atoms with Crippen molar-refractivity contribution >= 4 is 15.9 Å². The molecule has 0 fully saturated rings. The van der Waals surface area contributed by atoms with Gasteiger partial charge in [-0.3, -0.25) is 4.68 Å². The van der Waals surface area contributed by atoms with Crippen LogP contribution in [0.15, 0.2) is 28.7 Å². The summed E-state index contributed by atoms with van der Waals surface area (Å²) in [6, 6.07) is 6.90. The summed E-state index contributed by atoms with van der Waals surface area (Å²) in [6.07, 6.45) is 2.31. The topological polar surface area (TPSA) is 43.8 Å². The number of aryl methyl sites for hydroxylation is 2. The van der Waals surface area contributed by atoms with Gasteiger partial charge in [-0.25, -0.2) is 4.39 Å². The zero-order valence-corrected chi connectivity index (χ0v) is 14.0. The summed E-state index contributed by atoms with van der Waals surface area (Å²) in [5.41, 5.74) is 8.79. The fourth-order valence-electron chi connectivity index (χ4n) is 2.53. The summed E-state index contributed by atoms with van der Waals surface area (Å²) in [5, 5.41) is 4.50. The van der Waals surface area contributed by atoms with E-state index in [4.69, 9.17) is 5.73 Å². The predicted molar refractivity (Wildman–Crippen MR) is 86.6 cm³/mol. The van der Waals surface area contributed by atoms with Crippen molar-refractivity contribution in [1.82, 2.24) is 9.78 Å². The standard InChI is InChI=1S/C16H21BrFN3/c1-3-14-16(17)15(21(2)20-14)9-11(10-19)8-12-6-4-5-7-13(12)18/h4-7,11H,3,8-10,19H2,1-2H3. The Morgan fingerprint density at radius 3 is 2.62 bits per heavy atom. The quantitative estimate of drug-likeness (QED) is 0.866. The molecule has 0 amide bonds.